The summed E-state index contributed by atoms with van der Waals surface area (Å²) in [6.07, 6.45) is -3.40. The van der Waals surface area contributed by atoms with E-state index in [2.05, 4.69) is 12.6 Å². The van der Waals surface area contributed by atoms with Gasteiger partial charge in [0.25, 0.3) is 0 Å². The summed E-state index contributed by atoms with van der Waals surface area (Å²) in [4.78, 5) is 0. The molecule has 0 radical (unpaired) electrons. The van der Waals surface area contributed by atoms with Crippen LogP contribution in [-0.4, -0.2) is 38.4 Å². The fourth-order valence-corrected chi connectivity index (χ4v) is 2.04. The van der Waals surface area contributed by atoms with E-state index < -0.39 is 12.6 Å². The highest BCUT2D eigenvalue weighted by molar-refractivity contribution is 7.80. The van der Waals surface area contributed by atoms with Gasteiger partial charge in [-0.2, -0.15) is 25.8 Å². The van der Waals surface area contributed by atoms with E-state index in [1.807, 2.05) is 0 Å². The molecule has 1 saturated heterocycles. The molecule has 0 spiro atoms. The van der Waals surface area contributed by atoms with Crippen molar-refractivity contribution in [1.29, 1.82) is 0 Å². The normalized spacial score (nSPS) is 21.0. The van der Waals surface area contributed by atoms with Crippen molar-refractivity contribution in [1.82, 2.24) is 0 Å². The molecule has 0 aromatic rings. The van der Waals surface area contributed by atoms with Crippen LogP contribution in [0.3, 0.4) is 0 Å². The van der Waals surface area contributed by atoms with Crippen molar-refractivity contribution in [3.8, 4) is 0 Å². The van der Waals surface area contributed by atoms with Gasteiger partial charge in [-0.3, -0.25) is 0 Å². The fraction of sp³-hybridized carbons (Fsp3) is 1.00. The number of rotatable bonds is 5. The molecule has 96 valence electrons. The SMILES string of the molecule is FC(F)(F)CCOCC1(CS)CCOCC1. The van der Waals surface area contributed by atoms with E-state index in [0.717, 1.165) is 12.8 Å². The number of thiol groups is 1. The van der Waals surface area contributed by atoms with Crippen molar-refractivity contribution in [3.05, 3.63) is 0 Å². The molecule has 0 aromatic heterocycles. The van der Waals surface area contributed by atoms with Crippen LogP contribution >= 0.6 is 12.6 Å². The molecule has 0 N–H and O–H groups in total. The van der Waals surface area contributed by atoms with Crippen LogP contribution in [0, 0.1) is 5.41 Å². The van der Waals surface area contributed by atoms with Crippen LogP contribution in [0.5, 0.6) is 0 Å². The third-order valence-corrected chi connectivity index (χ3v) is 3.50. The number of alkyl halides is 3. The van der Waals surface area contributed by atoms with Crippen molar-refractivity contribution in [3.63, 3.8) is 0 Å². The third-order valence-electron chi connectivity index (χ3n) is 2.83. The van der Waals surface area contributed by atoms with Gasteiger partial charge >= 0.3 is 6.18 Å². The number of ether oxygens (including phenoxy) is 2. The predicted molar refractivity (Wildman–Crippen MR) is 57.8 cm³/mol. The first-order valence-corrected chi connectivity index (χ1v) is 5.94. The van der Waals surface area contributed by atoms with Crippen LogP contribution in [0.15, 0.2) is 0 Å². The zero-order chi connectivity index (χ0) is 12.1. The highest BCUT2D eigenvalue weighted by Crippen LogP contribution is 2.32. The van der Waals surface area contributed by atoms with Crippen LogP contribution in [0.4, 0.5) is 13.2 Å². The van der Waals surface area contributed by atoms with Crippen molar-refractivity contribution in [2.75, 3.05) is 32.2 Å². The van der Waals surface area contributed by atoms with E-state index >= 15 is 0 Å². The van der Waals surface area contributed by atoms with Crippen LogP contribution in [0.1, 0.15) is 19.3 Å². The second kappa shape index (κ2) is 6.12. The Labute approximate surface area is 98.9 Å². The highest BCUT2D eigenvalue weighted by atomic mass is 32.1. The Morgan fingerprint density at radius 3 is 2.38 bits per heavy atom. The van der Waals surface area contributed by atoms with E-state index in [9.17, 15) is 13.2 Å². The zero-order valence-electron chi connectivity index (χ0n) is 9.05. The van der Waals surface area contributed by atoms with Crippen LogP contribution in [-0.2, 0) is 9.47 Å². The quantitative estimate of drug-likeness (QED) is 0.603. The van der Waals surface area contributed by atoms with E-state index in [1.54, 1.807) is 0 Å². The molecule has 6 heteroatoms. The lowest BCUT2D eigenvalue weighted by molar-refractivity contribution is -0.148. The van der Waals surface area contributed by atoms with Gasteiger partial charge in [-0.05, 0) is 18.6 Å². The maximum absolute atomic E-state index is 11.9. The molecule has 0 unspecified atom stereocenters. The van der Waals surface area contributed by atoms with Gasteiger partial charge in [0, 0.05) is 18.6 Å². The lowest BCUT2D eigenvalue weighted by atomic mass is 9.83. The molecule has 0 aromatic carbocycles. The summed E-state index contributed by atoms with van der Waals surface area (Å²) in [5.41, 5.74) is -0.104. The van der Waals surface area contributed by atoms with Crippen molar-refractivity contribution >= 4 is 12.6 Å². The second-order valence-electron chi connectivity index (χ2n) is 4.19. The average molecular weight is 258 g/mol. The first-order chi connectivity index (χ1) is 7.47. The Morgan fingerprint density at radius 2 is 1.88 bits per heavy atom. The molecule has 1 rings (SSSR count). The predicted octanol–water partition coefficient (Wildman–Crippen LogP) is 2.68. The number of hydrogen-bond donors (Lipinski definition) is 1. The van der Waals surface area contributed by atoms with Gasteiger partial charge < -0.3 is 9.47 Å². The van der Waals surface area contributed by atoms with Crippen molar-refractivity contribution in [2.24, 2.45) is 5.41 Å². The second-order valence-corrected chi connectivity index (χ2v) is 4.50. The van der Waals surface area contributed by atoms with Crippen LogP contribution < -0.4 is 0 Å². The lowest BCUT2D eigenvalue weighted by Gasteiger charge is -2.35. The molecule has 1 heterocycles. The fourth-order valence-electron chi connectivity index (χ4n) is 1.63. The first-order valence-electron chi connectivity index (χ1n) is 5.31. The molecule has 0 aliphatic carbocycles. The molecule has 1 fully saturated rings. The maximum atomic E-state index is 11.9. The smallest absolute Gasteiger partial charge is 0.381 e. The minimum atomic E-state index is -4.14. The number of halogens is 3. The van der Waals surface area contributed by atoms with Gasteiger partial charge in [0.2, 0.25) is 0 Å². The summed E-state index contributed by atoms with van der Waals surface area (Å²) < 4.78 is 46.0. The molecular weight excluding hydrogens is 241 g/mol. The summed E-state index contributed by atoms with van der Waals surface area (Å²) in [6.45, 7) is 1.36. The molecule has 0 atom stereocenters. The molecule has 1 aliphatic rings. The van der Waals surface area contributed by atoms with Crippen LogP contribution in [0.25, 0.3) is 0 Å². The third kappa shape index (κ3) is 4.93. The van der Waals surface area contributed by atoms with Crippen LogP contribution in [0.2, 0.25) is 0 Å². The summed E-state index contributed by atoms with van der Waals surface area (Å²) in [7, 11) is 0. The Balaban J connectivity index is 2.23. The molecular formula is C10H17F3O2S. The Bertz CT molecular complexity index is 203. The summed E-state index contributed by atoms with van der Waals surface area (Å²) >= 11 is 4.25. The molecule has 16 heavy (non-hydrogen) atoms. The lowest BCUT2D eigenvalue weighted by Crippen LogP contribution is -2.36. The van der Waals surface area contributed by atoms with Gasteiger partial charge in [0.15, 0.2) is 0 Å². The summed E-state index contributed by atoms with van der Waals surface area (Å²) in [6, 6.07) is 0. The van der Waals surface area contributed by atoms with Gasteiger partial charge in [0.1, 0.15) is 0 Å². The standard InChI is InChI=1S/C10H17F3O2S/c11-10(12,13)3-6-15-7-9(8-16)1-4-14-5-2-9/h16H,1-8H2. The molecule has 2 nitrogen and oxygen atoms in total. The van der Waals surface area contributed by atoms with E-state index in [4.69, 9.17) is 9.47 Å². The Kier molecular flexibility index (Phi) is 5.40. The molecule has 0 saturated carbocycles. The number of hydrogen-bond acceptors (Lipinski definition) is 3. The first kappa shape index (κ1) is 14.1. The minimum absolute atomic E-state index is 0.104. The molecule has 0 bridgehead atoms. The van der Waals surface area contributed by atoms with E-state index in [0.29, 0.717) is 25.6 Å². The van der Waals surface area contributed by atoms with Crippen molar-refractivity contribution in [2.45, 2.75) is 25.4 Å². The van der Waals surface area contributed by atoms with Gasteiger partial charge in [-0.15, -0.1) is 0 Å². The maximum Gasteiger partial charge on any atom is 0.391 e. The largest absolute Gasteiger partial charge is 0.391 e. The van der Waals surface area contributed by atoms with Crippen molar-refractivity contribution < 1.29 is 22.6 Å². The Hall–Kier alpha value is 0.0600. The van der Waals surface area contributed by atoms with Gasteiger partial charge in [-0.1, -0.05) is 0 Å². The summed E-state index contributed by atoms with van der Waals surface area (Å²) in [5, 5.41) is 0. The highest BCUT2D eigenvalue weighted by Gasteiger charge is 2.32. The van der Waals surface area contributed by atoms with E-state index in [-0.39, 0.29) is 12.0 Å². The molecule has 0 amide bonds. The average Bonchev–Trinajstić information content (AvgIpc) is 2.25. The minimum Gasteiger partial charge on any atom is -0.381 e. The Morgan fingerprint density at radius 1 is 1.25 bits per heavy atom. The topological polar surface area (TPSA) is 18.5 Å². The van der Waals surface area contributed by atoms with E-state index in [1.165, 1.54) is 0 Å². The van der Waals surface area contributed by atoms with Gasteiger partial charge in [0.05, 0.1) is 19.6 Å². The monoisotopic (exact) mass is 258 g/mol. The molecule has 1 aliphatic heterocycles. The summed E-state index contributed by atoms with van der Waals surface area (Å²) in [5.74, 6) is 0.627. The zero-order valence-corrected chi connectivity index (χ0v) is 9.95. The van der Waals surface area contributed by atoms with Gasteiger partial charge in [-0.25, -0.2) is 0 Å².